The molecule has 2 heterocycles. The molecule has 1 aromatic rings. The molecule has 6 heteroatoms. The Morgan fingerprint density at radius 1 is 1.53 bits per heavy atom. The van der Waals surface area contributed by atoms with Crippen molar-refractivity contribution >= 4 is 29.1 Å². The largest absolute Gasteiger partial charge is 0.336 e. The van der Waals surface area contributed by atoms with E-state index >= 15 is 0 Å². The van der Waals surface area contributed by atoms with Gasteiger partial charge in [-0.05, 0) is 25.8 Å². The zero-order valence-corrected chi connectivity index (χ0v) is 10.7. The minimum Gasteiger partial charge on any atom is -0.336 e. The van der Waals surface area contributed by atoms with Crippen LogP contribution < -0.4 is 0 Å². The predicted molar refractivity (Wildman–Crippen MR) is 63.9 cm³/mol. The second-order valence-electron chi connectivity index (χ2n) is 4.09. The van der Waals surface area contributed by atoms with E-state index in [4.69, 9.17) is 23.2 Å². The van der Waals surface area contributed by atoms with Gasteiger partial charge in [0.2, 0.25) is 0 Å². The second-order valence-corrected chi connectivity index (χ2v) is 4.81. The summed E-state index contributed by atoms with van der Waals surface area (Å²) >= 11 is 11.3. The first kappa shape index (κ1) is 12.6. The first-order chi connectivity index (χ1) is 8.00. The van der Waals surface area contributed by atoms with Crippen LogP contribution in [0, 0.1) is 5.82 Å². The van der Waals surface area contributed by atoms with Gasteiger partial charge in [0.1, 0.15) is 5.15 Å². The summed E-state index contributed by atoms with van der Waals surface area (Å²) in [5.41, 5.74) is 0.0716. The van der Waals surface area contributed by atoms with Gasteiger partial charge in [-0.1, -0.05) is 23.2 Å². The molecule has 1 aliphatic rings. The minimum absolute atomic E-state index is 0.0551. The van der Waals surface area contributed by atoms with Gasteiger partial charge in [0.15, 0.2) is 11.0 Å². The Hall–Kier alpha value is -0.870. The van der Waals surface area contributed by atoms with Crippen LogP contribution in [-0.2, 0) is 0 Å². The average Bonchev–Trinajstić information content (AvgIpc) is 2.69. The number of carbonyl (C=O) groups is 1. The van der Waals surface area contributed by atoms with E-state index in [0.717, 1.165) is 18.9 Å². The zero-order chi connectivity index (χ0) is 12.6. The molecular formula is C11H11Cl2FN2O. The Labute approximate surface area is 109 Å². The predicted octanol–water partition coefficient (Wildman–Crippen LogP) is 3.15. The molecule has 1 amide bonds. The van der Waals surface area contributed by atoms with Crippen molar-refractivity contribution in [3.63, 3.8) is 0 Å². The third-order valence-corrected chi connectivity index (χ3v) is 3.48. The van der Waals surface area contributed by atoms with Gasteiger partial charge in [-0.2, -0.15) is 0 Å². The van der Waals surface area contributed by atoms with Crippen molar-refractivity contribution < 1.29 is 9.18 Å². The van der Waals surface area contributed by atoms with Crippen LogP contribution in [0.15, 0.2) is 6.07 Å². The van der Waals surface area contributed by atoms with E-state index < -0.39 is 5.82 Å². The highest BCUT2D eigenvalue weighted by Crippen LogP contribution is 2.25. The van der Waals surface area contributed by atoms with E-state index in [0.29, 0.717) is 6.54 Å². The van der Waals surface area contributed by atoms with E-state index in [-0.39, 0.29) is 27.8 Å². The smallest absolute Gasteiger partial charge is 0.257 e. The number of rotatable bonds is 1. The van der Waals surface area contributed by atoms with Crippen LogP contribution in [0.4, 0.5) is 4.39 Å². The van der Waals surface area contributed by atoms with Crippen molar-refractivity contribution in [3.05, 3.63) is 27.8 Å². The Balaban J connectivity index is 2.34. The van der Waals surface area contributed by atoms with E-state index in [1.54, 1.807) is 4.90 Å². The number of nitrogens with zero attached hydrogens (tertiary/aromatic N) is 2. The monoisotopic (exact) mass is 276 g/mol. The lowest BCUT2D eigenvalue weighted by Gasteiger charge is -2.21. The molecular weight excluding hydrogens is 266 g/mol. The SMILES string of the molecule is C[C@@H]1CCCN1C(=O)c1cc(F)c(Cl)nc1Cl. The summed E-state index contributed by atoms with van der Waals surface area (Å²) in [6.45, 7) is 2.62. The fraction of sp³-hybridized carbons (Fsp3) is 0.455. The standard InChI is InChI=1S/C11H11Cl2FN2O/c1-6-3-2-4-16(6)11(17)7-5-8(14)10(13)15-9(7)12/h5-6H,2-4H2,1H3/t6-/m1/s1. The summed E-state index contributed by atoms with van der Waals surface area (Å²) in [7, 11) is 0. The molecule has 0 aliphatic carbocycles. The van der Waals surface area contributed by atoms with Crippen molar-refractivity contribution in [2.45, 2.75) is 25.8 Å². The van der Waals surface area contributed by atoms with E-state index in [9.17, 15) is 9.18 Å². The minimum atomic E-state index is -0.730. The van der Waals surface area contributed by atoms with Crippen LogP contribution in [0.2, 0.25) is 10.3 Å². The van der Waals surface area contributed by atoms with Gasteiger partial charge in [0.05, 0.1) is 5.56 Å². The highest BCUT2D eigenvalue weighted by molar-refractivity contribution is 6.34. The number of likely N-dealkylation sites (tertiary alicyclic amines) is 1. The molecule has 1 fully saturated rings. The van der Waals surface area contributed by atoms with Crippen LogP contribution in [-0.4, -0.2) is 28.4 Å². The fourth-order valence-corrected chi connectivity index (χ4v) is 2.39. The quantitative estimate of drug-likeness (QED) is 0.739. The molecule has 0 bridgehead atoms. The highest BCUT2D eigenvalue weighted by Gasteiger charge is 2.28. The Bertz CT molecular complexity index is 467. The summed E-state index contributed by atoms with van der Waals surface area (Å²) in [4.78, 5) is 17.4. The molecule has 1 aliphatic heterocycles. The third kappa shape index (κ3) is 2.38. The Kier molecular flexibility index (Phi) is 3.54. The summed E-state index contributed by atoms with van der Waals surface area (Å²) in [5, 5.41) is -0.374. The number of carbonyl (C=O) groups excluding carboxylic acids is 1. The number of hydrogen-bond acceptors (Lipinski definition) is 2. The first-order valence-electron chi connectivity index (χ1n) is 5.33. The molecule has 0 spiro atoms. The van der Waals surface area contributed by atoms with Gasteiger partial charge < -0.3 is 4.90 Å². The van der Waals surface area contributed by atoms with Crippen molar-refractivity contribution in [3.8, 4) is 0 Å². The second kappa shape index (κ2) is 4.78. The highest BCUT2D eigenvalue weighted by atomic mass is 35.5. The van der Waals surface area contributed by atoms with Gasteiger partial charge in [-0.25, -0.2) is 9.37 Å². The molecule has 0 N–H and O–H groups in total. The van der Waals surface area contributed by atoms with Crippen LogP contribution in [0.25, 0.3) is 0 Å². The summed E-state index contributed by atoms with van der Waals surface area (Å²) in [6.07, 6.45) is 1.90. The summed E-state index contributed by atoms with van der Waals surface area (Å²) < 4.78 is 13.3. The van der Waals surface area contributed by atoms with Crippen LogP contribution in [0.5, 0.6) is 0 Å². The lowest BCUT2D eigenvalue weighted by molar-refractivity contribution is 0.0746. The number of aromatic nitrogens is 1. The van der Waals surface area contributed by atoms with Crippen LogP contribution in [0.3, 0.4) is 0 Å². The molecule has 1 saturated heterocycles. The normalized spacial score (nSPS) is 19.8. The molecule has 0 aromatic carbocycles. The molecule has 0 radical (unpaired) electrons. The molecule has 1 aromatic heterocycles. The fourth-order valence-electron chi connectivity index (χ4n) is 1.99. The zero-order valence-electron chi connectivity index (χ0n) is 9.21. The third-order valence-electron chi connectivity index (χ3n) is 2.93. The van der Waals surface area contributed by atoms with E-state index in [2.05, 4.69) is 4.98 Å². The Morgan fingerprint density at radius 2 is 2.24 bits per heavy atom. The summed E-state index contributed by atoms with van der Waals surface area (Å²) in [5.74, 6) is -1.02. The molecule has 0 saturated carbocycles. The van der Waals surface area contributed by atoms with E-state index in [1.807, 2.05) is 6.92 Å². The molecule has 2 rings (SSSR count). The number of amides is 1. The first-order valence-corrected chi connectivity index (χ1v) is 6.09. The molecule has 17 heavy (non-hydrogen) atoms. The molecule has 92 valence electrons. The molecule has 3 nitrogen and oxygen atoms in total. The van der Waals surface area contributed by atoms with Crippen molar-refractivity contribution in [1.29, 1.82) is 0 Å². The van der Waals surface area contributed by atoms with Gasteiger partial charge in [-0.15, -0.1) is 0 Å². The summed E-state index contributed by atoms with van der Waals surface area (Å²) in [6, 6.07) is 1.20. The molecule has 1 atom stereocenters. The average molecular weight is 277 g/mol. The van der Waals surface area contributed by atoms with Crippen molar-refractivity contribution in [1.82, 2.24) is 9.88 Å². The topological polar surface area (TPSA) is 33.2 Å². The van der Waals surface area contributed by atoms with Gasteiger partial charge >= 0.3 is 0 Å². The Morgan fingerprint density at radius 3 is 2.82 bits per heavy atom. The van der Waals surface area contributed by atoms with Crippen LogP contribution >= 0.6 is 23.2 Å². The van der Waals surface area contributed by atoms with Crippen molar-refractivity contribution in [2.24, 2.45) is 0 Å². The number of hydrogen-bond donors (Lipinski definition) is 0. The molecule has 0 unspecified atom stereocenters. The maximum absolute atomic E-state index is 13.3. The van der Waals surface area contributed by atoms with E-state index in [1.165, 1.54) is 0 Å². The lowest BCUT2D eigenvalue weighted by atomic mass is 10.2. The van der Waals surface area contributed by atoms with Gasteiger partial charge in [-0.3, -0.25) is 4.79 Å². The van der Waals surface area contributed by atoms with Gasteiger partial charge in [0.25, 0.3) is 5.91 Å². The van der Waals surface area contributed by atoms with Crippen LogP contribution in [0.1, 0.15) is 30.1 Å². The lowest BCUT2D eigenvalue weighted by Crippen LogP contribution is -2.34. The number of halogens is 3. The maximum atomic E-state index is 13.3. The maximum Gasteiger partial charge on any atom is 0.257 e. The van der Waals surface area contributed by atoms with Crippen molar-refractivity contribution in [2.75, 3.05) is 6.54 Å². The van der Waals surface area contributed by atoms with Gasteiger partial charge in [0, 0.05) is 12.6 Å². The number of pyridine rings is 1.